The Kier molecular flexibility index (Phi) is 5.93. The van der Waals surface area contributed by atoms with E-state index in [0.29, 0.717) is 13.1 Å². The van der Waals surface area contributed by atoms with E-state index >= 15 is 0 Å². The van der Waals surface area contributed by atoms with Gasteiger partial charge >= 0.3 is 0 Å². The highest BCUT2D eigenvalue weighted by atomic mass is 32.2. The standard InChI is InChI=1S/C25H30N4O3S2/c1-16-27-22(17-7-9-18(10-8-17)29-13-19(14-29)34(2,31)32)23(33-16)20-5-3-4-6-21(20)24(30)28-25(15-26)11-12-25/h7-10,19-21H,3-6,11-14H2,1-2H3,(H,28,30)/t20-,21-/m1/s1. The molecule has 0 bridgehead atoms. The molecule has 1 aromatic heterocycles. The molecule has 180 valence electrons. The van der Waals surface area contributed by atoms with Crippen LogP contribution in [0.2, 0.25) is 0 Å². The minimum absolute atomic E-state index is 0.00863. The number of aromatic nitrogens is 1. The van der Waals surface area contributed by atoms with Crippen molar-refractivity contribution in [1.29, 1.82) is 5.26 Å². The lowest BCUT2D eigenvalue weighted by molar-refractivity contribution is -0.127. The Morgan fingerprint density at radius 3 is 2.50 bits per heavy atom. The first-order chi connectivity index (χ1) is 16.2. The van der Waals surface area contributed by atoms with Crippen molar-refractivity contribution in [2.45, 2.75) is 62.2 Å². The molecule has 34 heavy (non-hydrogen) atoms. The fourth-order valence-corrected chi connectivity index (χ4v) is 7.18. The van der Waals surface area contributed by atoms with Crippen LogP contribution in [-0.4, -0.2) is 49.4 Å². The molecule has 0 spiro atoms. The Balaban J connectivity index is 1.36. The third-order valence-electron chi connectivity index (χ3n) is 7.49. The summed E-state index contributed by atoms with van der Waals surface area (Å²) in [6.45, 7) is 3.06. The molecule has 7 nitrogen and oxygen atoms in total. The van der Waals surface area contributed by atoms with Crippen molar-refractivity contribution in [3.05, 3.63) is 34.2 Å². The maximum Gasteiger partial charge on any atom is 0.224 e. The molecular formula is C25H30N4O3S2. The lowest BCUT2D eigenvalue weighted by Crippen LogP contribution is -2.54. The van der Waals surface area contributed by atoms with Gasteiger partial charge in [0.05, 0.1) is 22.0 Å². The molecule has 1 aliphatic heterocycles. The second kappa shape index (κ2) is 8.65. The minimum atomic E-state index is -3.00. The number of carbonyl (C=O) groups excluding carboxylic acids is 1. The third kappa shape index (κ3) is 4.46. The number of anilines is 1. The quantitative estimate of drug-likeness (QED) is 0.650. The van der Waals surface area contributed by atoms with Crippen LogP contribution >= 0.6 is 11.3 Å². The zero-order valence-corrected chi connectivity index (χ0v) is 21.2. The monoisotopic (exact) mass is 498 g/mol. The number of hydrogen-bond acceptors (Lipinski definition) is 7. The molecule has 2 aliphatic carbocycles. The first-order valence-electron chi connectivity index (χ1n) is 11.9. The molecular weight excluding hydrogens is 468 g/mol. The number of benzene rings is 1. The summed E-state index contributed by atoms with van der Waals surface area (Å²) in [4.78, 5) is 21.3. The van der Waals surface area contributed by atoms with Crippen LogP contribution in [0.15, 0.2) is 24.3 Å². The first kappa shape index (κ1) is 23.3. The number of nitriles is 1. The summed E-state index contributed by atoms with van der Waals surface area (Å²) in [7, 11) is -3.00. The van der Waals surface area contributed by atoms with E-state index in [0.717, 1.165) is 65.4 Å². The van der Waals surface area contributed by atoms with Crippen LogP contribution in [0.1, 0.15) is 54.3 Å². The van der Waals surface area contributed by atoms with Gasteiger partial charge in [0.2, 0.25) is 5.91 Å². The lowest BCUT2D eigenvalue weighted by atomic mass is 9.77. The number of nitrogens with zero attached hydrogens (tertiary/aromatic N) is 3. The first-order valence-corrected chi connectivity index (χ1v) is 14.7. The topological polar surface area (TPSA) is 103 Å². The molecule has 2 saturated carbocycles. The Hall–Kier alpha value is -2.44. The second-order valence-corrected chi connectivity index (χ2v) is 13.6. The van der Waals surface area contributed by atoms with Crippen molar-refractivity contribution < 1.29 is 13.2 Å². The van der Waals surface area contributed by atoms with Crippen LogP contribution in [0.25, 0.3) is 11.3 Å². The van der Waals surface area contributed by atoms with Gasteiger partial charge in [-0.25, -0.2) is 13.4 Å². The fourth-order valence-electron chi connectivity index (χ4n) is 5.13. The van der Waals surface area contributed by atoms with Crippen molar-refractivity contribution in [2.75, 3.05) is 24.2 Å². The van der Waals surface area contributed by atoms with Gasteiger partial charge in [0.15, 0.2) is 9.84 Å². The highest BCUT2D eigenvalue weighted by Crippen LogP contribution is 2.45. The zero-order chi connectivity index (χ0) is 24.1. The predicted molar refractivity (Wildman–Crippen MR) is 134 cm³/mol. The molecule has 2 heterocycles. The number of thiazole rings is 1. The van der Waals surface area contributed by atoms with Crippen molar-refractivity contribution in [2.24, 2.45) is 5.92 Å². The maximum atomic E-state index is 13.2. The van der Waals surface area contributed by atoms with Crippen molar-refractivity contribution in [1.82, 2.24) is 10.3 Å². The van der Waals surface area contributed by atoms with E-state index in [4.69, 9.17) is 4.98 Å². The van der Waals surface area contributed by atoms with Crippen LogP contribution in [0, 0.1) is 24.2 Å². The Bertz CT molecular complexity index is 1240. The van der Waals surface area contributed by atoms with E-state index in [1.165, 1.54) is 6.26 Å². The highest BCUT2D eigenvalue weighted by molar-refractivity contribution is 7.91. The van der Waals surface area contributed by atoms with Gasteiger partial charge in [-0.1, -0.05) is 25.0 Å². The van der Waals surface area contributed by atoms with E-state index in [2.05, 4.69) is 16.3 Å². The van der Waals surface area contributed by atoms with Crippen molar-refractivity contribution in [3.8, 4) is 17.3 Å². The maximum absolute atomic E-state index is 13.2. The van der Waals surface area contributed by atoms with Crippen LogP contribution in [-0.2, 0) is 14.6 Å². The molecule has 1 aromatic carbocycles. The number of amides is 1. The average molecular weight is 499 g/mol. The van der Waals surface area contributed by atoms with Gasteiger partial charge in [0.25, 0.3) is 0 Å². The van der Waals surface area contributed by atoms with Gasteiger partial charge in [-0.15, -0.1) is 11.3 Å². The number of carbonyl (C=O) groups is 1. The summed E-state index contributed by atoms with van der Waals surface area (Å²) in [5, 5.41) is 13.1. The van der Waals surface area contributed by atoms with Gasteiger partial charge in [-0.3, -0.25) is 4.79 Å². The van der Waals surface area contributed by atoms with Gasteiger partial charge in [-0.05, 0) is 44.7 Å². The summed E-state index contributed by atoms with van der Waals surface area (Å²) in [6.07, 6.45) is 6.68. The highest BCUT2D eigenvalue weighted by Gasteiger charge is 2.47. The summed E-state index contributed by atoms with van der Waals surface area (Å²) in [6, 6.07) is 10.4. The summed E-state index contributed by atoms with van der Waals surface area (Å²) < 4.78 is 23.4. The molecule has 3 aliphatic rings. The van der Waals surface area contributed by atoms with Crippen LogP contribution in [0.5, 0.6) is 0 Å². The van der Waals surface area contributed by atoms with Crippen molar-refractivity contribution in [3.63, 3.8) is 0 Å². The summed E-state index contributed by atoms with van der Waals surface area (Å²) in [5.41, 5.74) is 2.33. The molecule has 1 amide bonds. The second-order valence-electron chi connectivity index (χ2n) is 10.0. The predicted octanol–water partition coefficient (Wildman–Crippen LogP) is 3.80. The molecule has 9 heteroatoms. The number of hydrogen-bond donors (Lipinski definition) is 1. The SMILES string of the molecule is Cc1nc(-c2ccc(N3CC(S(C)(=O)=O)C3)cc2)c([C@@H]2CCCC[C@H]2C(=O)NC2(C#N)CC2)s1. The molecule has 1 N–H and O–H groups in total. The van der Waals surface area contributed by atoms with Gasteiger partial charge < -0.3 is 10.2 Å². The van der Waals surface area contributed by atoms with E-state index in [1.54, 1.807) is 11.3 Å². The van der Waals surface area contributed by atoms with Crippen LogP contribution in [0.4, 0.5) is 5.69 Å². The molecule has 1 saturated heterocycles. The Labute approximate surface area is 205 Å². The molecule has 2 atom stereocenters. The minimum Gasteiger partial charge on any atom is -0.369 e. The smallest absolute Gasteiger partial charge is 0.224 e. The molecule has 3 fully saturated rings. The molecule has 0 radical (unpaired) electrons. The van der Waals surface area contributed by atoms with Crippen LogP contribution < -0.4 is 10.2 Å². The summed E-state index contributed by atoms with van der Waals surface area (Å²) >= 11 is 1.67. The lowest BCUT2D eigenvalue weighted by Gasteiger charge is -2.39. The van der Waals surface area contributed by atoms with Gasteiger partial charge in [0, 0.05) is 47.3 Å². The Morgan fingerprint density at radius 1 is 1.21 bits per heavy atom. The van der Waals surface area contributed by atoms with Crippen molar-refractivity contribution >= 4 is 32.8 Å². The molecule has 0 unspecified atom stereocenters. The average Bonchev–Trinajstić information content (AvgIpc) is 3.44. The van der Waals surface area contributed by atoms with Gasteiger partial charge in [0.1, 0.15) is 5.54 Å². The largest absolute Gasteiger partial charge is 0.369 e. The van der Waals surface area contributed by atoms with E-state index in [-0.39, 0.29) is 23.0 Å². The van der Waals surface area contributed by atoms with E-state index < -0.39 is 15.4 Å². The number of aryl methyl sites for hydroxylation is 1. The Morgan fingerprint density at radius 2 is 1.88 bits per heavy atom. The van der Waals surface area contributed by atoms with Gasteiger partial charge in [-0.2, -0.15) is 5.26 Å². The molecule has 2 aromatic rings. The normalized spacial score (nSPS) is 24.2. The summed E-state index contributed by atoms with van der Waals surface area (Å²) in [5.74, 6) is -0.0178. The number of rotatable bonds is 6. The van der Waals surface area contributed by atoms with E-state index in [9.17, 15) is 18.5 Å². The van der Waals surface area contributed by atoms with Crippen LogP contribution in [0.3, 0.4) is 0 Å². The third-order valence-corrected chi connectivity index (χ3v) is 10.1. The number of sulfone groups is 1. The number of nitrogens with one attached hydrogen (secondary N) is 1. The van der Waals surface area contributed by atoms with E-state index in [1.807, 2.05) is 31.2 Å². The fraction of sp³-hybridized carbons (Fsp3) is 0.560. The zero-order valence-electron chi connectivity index (χ0n) is 19.6. The molecule has 5 rings (SSSR count).